The second kappa shape index (κ2) is 12.5. The van der Waals surface area contributed by atoms with Crippen LogP contribution in [-0.2, 0) is 51.4 Å². The fraction of sp³-hybridized carbons (Fsp3) is 0.182. The van der Waals surface area contributed by atoms with Gasteiger partial charge in [0.15, 0.2) is 0 Å². The molecule has 8 aliphatic carbocycles. The molecule has 0 nitrogen and oxygen atoms in total. The third kappa shape index (κ3) is 6.09. The van der Waals surface area contributed by atoms with Crippen molar-refractivity contribution in [2.24, 2.45) is 0 Å². The van der Waals surface area contributed by atoms with Gasteiger partial charge in [0.25, 0.3) is 0 Å². The molecule has 3 aromatic heterocycles. The van der Waals surface area contributed by atoms with E-state index in [1.165, 1.54) is 84.9 Å². The first-order chi connectivity index (χ1) is 23.2. The molecule has 8 bridgehead atoms. The highest BCUT2D eigenvalue weighted by Gasteiger charge is 2.16. The summed E-state index contributed by atoms with van der Waals surface area (Å²) in [4.78, 5) is 8.23. The van der Waals surface area contributed by atoms with E-state index in [4.69, 9.17) is 0 Å². The summed E-state index contributed by atoms with van der Waals surface area (Å²) < 4.78 is 0. The minimum atomic E-state index is 1.07. The predicted octanol–water partition coefficient (Wildman–Crippen LogP) is 12.3. The van der Waals surface area contributed by atoms with Crippen LogP contribution in [0.1, 0.15) is 44.5 Å². The molecule has 3 heterocycles. The Balaban J connectivity index is 0.976. The molecule has 4 aromatic carbocycles. The minimum absolute atomic E-state index is 1.07. The number of benzene rings is 4. The van der Waals surface area contributed by atoms with Crippen molar-refractivity contribution in [2.45, 2.75) is 51.4 Å². The molecule has 0 N–H and O–H groups in total. The molecule has 0 radical (unpaired) electrons. The predicted molar refractivity (Wildman–Crippen MR) is 204 cm³/mol. The molecular weight excluding hydrogens is 625 g/mol. The maximum atomic E-state index is 2.47. The summed E-state index contributed by atoms with van der Waals surface area (Å²) in [6, 6.07) is 47.1. The number of hydrogen-bond donors (Lipinski definition) is 0. The Labute approximate surface area is 290 Å². The van der Waals surface area contributed by atoms with E-state index in [1.54, 1.807) is 0 Å². The van der Waals surface area contributed by atoms with E-state index in [2.05, 4.69) is 121 Å². The number of hydrogen-bond acceptors (Lipinski definition) is 3. The number of aryl methyl sites for hydroxylation is 8. The maximum absolute atomic E-state index is 2.47. The zero-order valence-electron chi connectivity index (χ0n) is 26.4. The van der Waals surface area contributed by atoms with Gasteiger partial charge < -0.3 is 0 Å². The smallest absolute Gasteiger partial charge is 0.0449 e. The van der Waals surface area contributed by atoms with Gasteiger partial charge >= 0.3 is 0 Å². The molecule has 0 saturated heterocycles. The lowest BCUT2D eigenvalue weighted by Gasteiger charge is -2.13. The third-order valence-corrected chi connectivity index (χ3v) is 13.7. The largest absolute Gasteiger partial charge is 0.134 e. The monoisotopic (exact) mass is 660 g/mol. The van der Waals surface area contributed by atoms with Crippen molar-refractivity contribution in [3.63, 3.8) is 0 Å². The van der Waals surface area contributed by atoms with Crippen LogP contribution in [0.2, 0.25) is 0 Å². The Morgan fingerprint density at radius 1 is 0.255 bits per heavy atom. The zero-order chi connectivity index (χ0) is 31.2. The molecule has 0 fully saturated rings. The lowest BCUT2D eigenvalue weighted by atomic mass is 9.93. The van der Waals surface area contributed by atoms with Gasteiger partial charge in [-0.15, -0.1) is 34.0 Å². The first kappa shape index (κ1) is 29.1. The van der Waals surface area contributed by atoms with Crippen molar-refractivity contribution in [1.82, 2.24) is 0 Å². The van der Waals surface area contributed by atoms with Gasteiger partial charge in [0.05, 0.1) is 0 Å². The van der Waals surface area contributed by atoms with Crippen LogP contribution in [0.15, 0.2) is 121 Å². The van der Waals surface area contributed by atoms with E-state index in [9.17, 15) is 0 Å². The summed E-state index contributed by atoms with van der Waals surface area (Å²) in [6.07, 6.45) is 8.68. The van der Waals surface area contributed by atoms with Crippen molar-refractivity contribution in [2.75, 3.05) is 0 Å². The molecule has 0 amide bonds. The Kier molecular flexibility index (Phi) is 7.78. The Hall–Kier alpha value is -4.02. The minimum Gasteiger partial charge on any atom is -0.134 e. The van der Waals surface area contributed by atoms with Crippen molar-refractivity contribution >= 4 is 34.0 Å². The van der Waals surface area contributed by atoms with E-state index >= 15 is 0 Å². The molecule has 47 heavy (non-hydrogen) atoms. The summed E-state index contributed by atoms with van der Waals surface area (Å²) >= 11 is 5.82. The Bertz CT molecular complexity index is 2030. The van der Waals surface area contributed by atoms with E-state index < -0.39 is 0 Å². The van der Waals surface area contributed by atoms with Crippen molar-refractivity contribution in [3.05, 3.63) is 166 Å². The summed E-state index contributed by atoms with van der Waals surface area (Å²) in [6.45, 7) is 0. The summed E-state index contributed by atoms with van der Waals surface area (Å²) in [5.41, 5.74) is 14.4. The van der Waals surface area contributed by atoms with Crippen LogP contribution >= 0.6 is 34.0 Å². The lowest BCUT2D eigenvalue weighted by Crippen LogP contribution is -1.99. The second-order valence-corrected chi connectivity index (χ2v) is 16.4. The second-order valence-electron chi connectivity index (χ2n) is 13.1. The average molecular weight is 661 g/mol. The van der Waals surface area contributed by atoms with Gasteiger partial charge in [0.2, 0.25) is 0 Å². The van der Waals surface area contributed by atoms with Gasteiger partial charge in [-0.2, -0.15) is 0 Å². The average Bonchev–Trinajstić information content (AvgIpc) is 3.89. The zero-order valence-corrected chi connectivity index (χ0v) is 28.9. The van der Waals surface area contributed by atoms with Crippen LogP contribution in [0.3, 0.4) is 0 Å². The van der Waals surface area contributed by atoms with Gasteiger partial charge in [0, 0.05) is 29.3 Å². The summed E-state index contributed by atoms with van der Waals surface area (Å²) in [5.74, 6) is 0. The molecule has 0 spiro atoms. The van der Waals surface area contributed by atoms with E-state index in [0.29, 0.717) is 0 Å². The standard InChI is InChI=1S/C44H36S3/c1-5-31-6-2-29(1)9-11-33-15-19-35(17-13-31)37(27-33)39-21-23-41(45-39)43-25-26-44(47-43)42-24-22-40(46-42)38-28-34-12-10-30-3-7-32(8-4-30)14-18-36(38)20-16-34/h1-8,15-16,19-28H,9-14,17-18H2. The van der Waals surface area contributed by atoms with Gasteiger partial charge in [-0.05, 0) is 143 Å². The Morgan fingerprint density at radius 2 is 0.532 bits per heavy atom. The van der Waals surface area contributed by atoms with Crippen LogP contribution in [0.25, 0.3) is 40.4 Å². The van der Waals surface area contributed by atoms with E-state index in [0.717, 1.165) is 51.4 Å². The fourth-order valence-corrected chi connectivity index (χ4v) is 10.5. The van der Waals surface area contributed by atoms with Gasteiger partial charge in [-0.1, -0.05) is 84.9 Å². The highest BCUT2D eigenvalue weighted by Crippen LogP contribution is 2.44. The molecule has 0 unspecified atom stereocenters. The van der Waals surface area contributed by atoms with E-state index in [1.807, 2.05) is 34.0 Å². The highest BCUT2D eigenvalue weighted by molar-refractivity contribution is 7.27. The van der Waals surface area contributed by atoms with Gasteiger partial charge in [-0.3, -0.25) is 0 Å². The SMILES string of the molecule is c1cc2ccc1CCc1ccc(c(-c3ccc(-c4ccc(-c5ccc(-c6cc7ccc6CCc6ccc(cc6)CC7)s5)s4)s3)c1)CC2. The third-order valence-electron chi connectivity index (χ3n) is 10.00. The normalized spacial score (nSPS) is 14.1. The quantitative estimate of drug-likeness (QED) is 0.176. The summed E-state index contributed by atoms with van der Waals surface area (Å²) in [5, 5.41) is 0. The maximum Gasteiger partial charge on any atom is 0.0449 e. The molecule has 15 rings (SSSR count). The molecule has 3 heteroatoms. The fourth-order valence-electron chi connectivity index (χ4n) is 7.17. The molecule has 7 aromatic rings. The molecule has 0 aliphatic heterocycles. The van der Waals surface area contributed by atoms with E-state index in [-0.39, 0.29) is 0 Å². The van der Waals surface area contributed by atoms with Crippen LogP contribution in [0, 0.1) is 0 Å². The molecule has 230 valence electrons. The molecule has 0 saturated carbocycles. The Morgan fingerprint density at radius 3 is 0.915 bits per heavy atom. The summed E-state index contributed by atoms with van der Waals surface area (Å²) in [7, 11) is 0. The first-order valence-corrected chi connectivity index (χ1v) is 19.4. The van der Waals surface area contributed by atoms with Crippen LogP contribution < -0.4 is 0 Å². The van der Waals surface area contributed by atoms with Crippen LogP contribution in [-0.4, -0.2) is 0 Å². The topological polar surface area (TPSA) is 0 Å². The van der Waals surface area contributed by atoms with Crippen LogP contribution in [0.4, 0.5) is 0 Å². The molecule has 8 aliphatic rings. The van der Waals surface area contributed by atoms with Crippen molar-refractivity contribution < 1.29 is 0 Å². The van der Waals surface area contributed by atoms with Gasteiger partial charge in [0.1, 0.15) is 0 Å². The lowest BCUT2D eigenvalue weighted by molar-refractivity contribution is 0.924. The van der Waals surface area contributed by atoms with Gasteiger partial charge in [-0.25, -0.2) is 0 Å². The molecular formula is C44H36S3. The van der Waals surface area contributed by atoms with Crippen molar-refractivity contribution in [1.29, 1.82) is 0 Å². The molecule has 0 atom stereocenters. The number of thiophene rings is 3. The number of rotatable bonds is 4. The highest BCUT2D eigenvalue weighted by atomic mass is 32.1. The van der Waals surface area contributed by atoms with Crippen LogP contribution in [0.5, 0.6) is 0 Å². The first-order valence-electron chi connectivity index (χ1n) is 16.9. The van der Waals surface area contributed by atoms with Crippen molar-refractivity contribution in [3.8, 4) is 40.4 Å².